The number of carbonyl (C=O) groups is 1. The van der Waals surface area contributed by atoms with E-state index in [1.807, 2.05) is 13.8 Å². The van der Waals surface area contributed by atoms with Gasteiger partial charge in [-0.15, -0.1) is 0 Å². The number of rotatable bonds is 6. The van der Waals surface area contributed by atoms with Gasteiger partial charge in [-0.3, -0.25) is 4.79 Å². The average molecular weight is 188 g/mol. The molecule has 78 valence electrons. The zero-order chi connectivity index (χ0) is 10.4. The summed E-state index contributed by atoms with van der Waals surface area (Å²) in [7, 11) is 0. The van der Waals surface area contributed by atoms with E-state index in [9.17, 15) is 4.79 Å². The van der Waals surface area contributed by atoms with Crippen molar-refractivity contribution in [1.29, 1.82) is 0 Å². The van der Waals surface area contributed by atoms with Crippen molar-refractivity contribution in [3.63, 3.8) is 0 Å². The molecule has 0 heterocycles. The summed E-state index contributed by atoms with van der Waals surface area (Å²) < 4.78 is 0. The molecule has 0 saturated carbocycles. The Morgan fingerprint density at radius 1 is 1.46 bits per heavy atom. The number of carbonyl (C=O) groups excluding carboxylic acids is 1. The summed E-state index contributed by atoms with van der Waals surface area (Å²) in [5.74, 6) is -0.146. The highest BCUT2D eigenvalue weighted by Crippen LogP contribution is 2.00. The molecule has 0 rings (SSSR count). The first-order valence-electron chi connectivity index (χ1n) is 4.66. The van der Waals surface area contributed by atoms with Crippen LogP contribution in [-0.4, -0.2) is 29.7 Å². The Morgan fingerprint density at radius 3 is 2.31 bits per heavy atom. The average Bonchev–Trinajstić information content (AvgIpc) is 1.95. The number of nitrogens with one attached hydrogen (secondary N) is 1. The SMILES string of the molecule is CC(O)CCNC(C(N)=O)C(C)C. The van der Waals surface area contributed by atoms with Crippen LogP contribution < -0.4 is 11.1 Å². The van der Waals surface area contributed by atoms with E-state index in [0.29, 0.717) is 13.0 Å². The number of amides is 1. The molecular weight excluding hydrogens is 168 g/mol. The predicted molar refractivity (Wildman–Crippen MR) is 52.1 cm³/mol. The number of aliphatic hydroxyl groups excluding tert-OH is 1. The van der Waals surface area contributed by atoms with Crippen LogP contribution >= 0.6 is 0 Å². The van der Waals surface area contributed by atoms with Gasteiger partial charge in [0.2, 0.25) is 5.91 Å². The van der Waals surface area contributed by atoms with Crippen LogP contribution in [0.25, 0.3) is 0 Å². The monoisotopic (exact) mass is 188 g/mol. The Kier molecular flexibility index (Phi) is 5.66. The van der Waals surface area contributed by atoms with Crippen LogP contribution in [0, 0.1) is 5.92 Å². The zero-order valence-corrected chi connectivity index (χ0v) is 8.58. The van der Waals surface area contributed by atoms with E-state index in [1.54, 1.807) is 6.92 Å². The molecular formula is C9H20N2O2. The normalized spacial score (nSPS) is 15.8. The molecule has 13 heavy (non-hydrogen) atoms. The minimum atomic E-state index is -0.340. The predicted octanol–water partition coefficient (Wildman–Crippen LogP) is -0.143. The minimum Gasteiger partial charge on any atom is -0.393 e. The summed E-state index contributed by atoms with van der Waals surface area (Å²) in [5, 5.41) is 12.0. The summed E-state index contributed by atoms with van der Waals surface area (Å²) in [6, 6.07) is -0.293. The topological polar surface area (TPSA) is 75.3 Å². The highest BCUT2D eigenvalue weighted by atomic mass is 16.3. The van der Waals surface area contributed by atoms with Crippen LogP contribution in [0.4, 0.5) is 0 Å². The molecule has 0 bridgehead atoms. The third-order valence-corrected chi connectivity index (χ3v) is 1.90. The lowest BCUT2D eigenvalue weighted by Gasteiger charge is -2.19. The largest absolute Gasteiger partial charge is 0.393 e. The first-order chi connectivity index (χ1) is 5.95. The van der Waals surface area contributed by atoms with E-state index >= 15 is 0 Å². The molecule has 4 nitrogen and oxygen atoms in total. The fourth-order valence-electron chi connectivity index (χ4n) is 1.11. The van der Waals surface area contributed by atoms with Crippen LogP contribution in [0.1, 0.15) is 27.2 Å². The molecule has 0 aromatic rings. The Bertz CT molecular complexity index is 158. The fourth-order valence-corrected chi connectivity index (χ4v) is 1.11. The fraction of sp³-hybridized carbons (Fsp3) is 0.889. The maximum absolute atomic E-state index is 10.9. The van der Waals surface area contributed by atoms with Gasteiger partial charge in [0.15, 0.2) is 0 Å². The third-order valence-electron chi connectivity index (χ3n) is 1.90. The van der Waals surface area contributed by atoms with Crippen molar-refractivity contribution in [3.8, 4) is 0 Å². The van der Waals surface area contributed by atoms with Gasteiger partial charge in [-0.25, -0.2) is 0 Å². The van der Waals surface area contributed by atoms with Gasteiger partial charge in [0.05, 0.1) is 12.1 Å². The van der Waals surface area contributed by atoms with Crippen molar-refractivity contribution in [2.24, 2.45) is 11.7 Å². The van der Waals surface area contributed by atoms with Crippen LogP contribution in [0.2, 0.25) is 0 Å². The van der Waals surface area contributed by atoms with Crippen molar-refractivity contribution in [1.82, 2.24) is 5.32 Å². The number of hydrogen-bond acceptors (Lipinski definition) is 3. The molecule has 0 aromatic heterocycles. The van der Waals surface area contributed by atoms with Gasteiger partial charge in [0, 0.05) is 0 Å². The Balaban J connectivity index is 3.77. The molecule has 0 spiro atoms. The number of nitrogens with two attached hydrogens (primary N) is 1. The van der Waals surface area contributed by atoms with Crippen molar-refractivity contribution in [3.05, 3.63) is 0 Å². The van der Waals surface area contributed by atoms with Gasteiger partial charge < -0.3 is 16.2 Å². The van der Waals surface area contributed by atoms with Crippen LogP contribution in [0.3, 0.4) is 0 Å². The highest BCUT2D eigenvalue weighted by molar-refractivity contribution is 5.80. The van der Waals surface area contributed by atoms with Crippen molar-refractivity contribution in [2.75, 3.05) is 6.54 Å². The van der Waals surface area contributed by atoms with E-state index < -0.39 is 0 Å². The van der Waals surface area contributed by atoms with Gasteiger partial charge in [-0.1, -0.05) is 13.8 Å². The lowest BCUT2D eigenvalue weighted by Crippen LogP contribution is -2.45. The van der Waals surface area contributed by atoms with Crippen LogP contribution in [0.15, 0.2) is 0 Å². The van der Waals surface area contributed by atoms with Gasteiger partial charge >= 0.3 is 0 Å². The first kappa shape index (κ1) is 12.4. The van der Waals surface area contributed by atoms with Crippen molar-refractivity contribution >= 4 is 5.91 Å². The molecule has 0 aromatic carbocycles. The minimum absolute atomic E-state index is 0.187. The standard InChI is InChI=1S/C9H20N2O2/c1-6(2)8(9(10)13)11-5-4-7(3)12/h6-8,11-12H,4-5H2,1-3H3,(H2,10,13). The lowest BCUT2D eigenvalue weighted by molar-refractivity contribution is -0.121. The molecule has 1 amide bonds. The summed E-state index contributed by atoms with van der Waals surface area (Å²) in [6.07, 6.45) is 0.296. The van der Waals surface area contributed by atoms with E-state index in [1.165, 1.54) is 0 Å². The van der Waals surface area contributed by atoms with Gasteiger partial charge in [0.1, 0.15) is 0 Å². The Hall–Kier alpha value is -0.610. The maximum Gasteiger partial charge on any atom is 0.234 e. The Morgan fingerprint density at radius 2 is 2.00 bits per heavy atom. The zero-order valence-electron chi connectivity index (χ0n) is 8.58. The molecule has 0 aliphatic rings. The van der Waals surface area contributed by atoms with Crippen molar-refractivity contribution in [2.45, 2.75) is 39.3 Å². The second-order valence-electron chi connectivity index (χ2n) is 3.72. The molecule has 0 aliphatic carbocycles. The number of aliphatic hydroxyl groups is 1. The van der Waals surface area contributed by atoms with Gasteiger partial charge in [0.25, 0.3) is 0 Å². The molecule has 2 atom stereocenters. The van der Waals surface area contributed by atoms with Crippen LogP contribution in [-0.2, 0) is 4.79 Å². The summed E-state index contributed by atoms with van der Waals surface area (Å²) in [4.78, 5) is 10.9. The van der Waals surface area contributed by atoms with E-state index in [0.717, 1.165) is 0 Å². The molecule has 0 fully saturated rings. The lowest BCUT2D eigenvalue weighted by atomic mass is 10.0. The summed E-state index contributed by atoms with van der Waals surface area (Å²) in [5.41, 5.74) is 5.19. The molecule has 0 aliphatic heterocycles. The molecule has 0 radical (unpaired) electrons. The number of primary amides is 1. The highest BCUT2D eigenvalue weighted by Gasteiger charge is 2.18. The van der Waals surface area contributed by atoms with E-state index in [4.69, 9.17) is 10.8 Å². The second kappa shape index (κ2) is 5.94. The second-order valence-corrected chi connectivity index (χ2v) is 3.72. The third kappa shape index (κ3) is 5.60. The molecule has 4 N–H and O–H groups in total. The smallest absolute Gasteiger partial charge is 0.234 e. The van der Waals surface area contributed by atoms with E-state index in [2.05, 4.69) is 5.32 Å². The molecule has 2 unspecified atom stereocenters. The van der Waals surface area contributed by atoms with Gasteiger partial charge in [-0.05, 0) is 25.8 Å². The van der Waals surface area contributed by atoms with Crippen LogP contribution in [0.5, 0.6) is 0 Å². The first-order valence-corrected chi connectivity index (χ1v) is 4.66. The van der Waals surface area contributed by atoms with E-state index in [-0.39, 0.29) is 24.0 Å². The quantitative estimate of drug-likeness (QED) is 0.543. The molecule has 0 saturated heterocycles. The maximum atomic E-state index is 10.9. The summed E-state index contributed by atoms with van der Waals surface area (Å²) in [6.45, 7) is 6.20. The summed E-state index contributed by atoms with van der Waals surface area (Å²) >= 11 is 0. The van der Waals surface area contributed by atoms with Gasteiger partial charge in [-0.2, -0.15) is 0 Å². The Labute approximate surface area is 79.5 Å². The number of hydrogen-bond donors (Lipinski definition) is 3. The molecule has 4 heteroatoms. The van der Waals surface area contributed by atoms with Crippen molar-refractivity contribution < 1.29 is 9.90 Å².